The first-order valence-electron chi connectivity index (χ1n) is 9.75. The van der Waals surface area contributed by atoms with Crippen molar-refractivity contribution < 1.29 is 4.79 Å². The van der Waals surface area contributed by atoms with Crippen molar-refractivity contribution in [1.82, 2.24) is 29.9 Å². The minimum atomic E-state index is -0.0551. The maximum Gasteiger partial charge on any atom is 0.276 e. The molecule has 3 heterocycles. The fourth-order valence-corrected chi connectivity index (χ4v) is 4.56. The molecule has 1 aromatic carbocycles. The molecule has 28 heavy (non-hydrogen) atoms. The number of aromatic nitrogens is 5. The number of para-hydroxylation sites is 1. The van der Waals surface area contributed by atoms with Gasteiger partial charge in [-0.3, -0.25) is 4.79 Å². The van der Waals surface area contributed by atoms with Gasteiger partial charge in [0.25, 0.3) is 5.91 Å². The molecule has 3 aromatic rings. The van der Waals surface area contributed by atoms with E-state index in [1.807, 2.05) is 48.4 Å². The third-order valence-electron chi connectivity index (χ3n) is 5.96. The standard InChI is InChI=1S/C21H22N6O/c1-15-22-12-16-8-10-21(19(16)23-15)9-5-11-26(14-21)20(28)18-13-27(25-24-18)17-6-3-2-4-7-17/h2-4,6-7,12-13H,5,8-11,14H2,1H3. The Balaban J connectivity index is 1.40. The Morgan fingerprint density at radius 2 is 2.04 bits per heavy atom. The van der Waals surface area contributed by atoms with Crippen LogP contribution in [-0.2, 0) is 11.8 Å². The van der Waals surface area contributed by atoms with Gasteiger partial charge in [-0.1, -0.05) is 23.4 Å². The first-order chi connectivity index (χ1) is 13.6. The summed E-state index contributed by atoms with van der Waals surface area (Å²) in [6, 6.07) is 9.71. The number of benzene rings is 1. The van der Waals surface area contributed by atoms with Crippen molar-refractivity contribution in [2.75, 3.05) is 13.1 Å². The maximum atomic E-state index is 13.1. The lowest BCUT2D eigenvalue weighted by Crippen LogP contribution is -2.48. The number of nitrogens with zero attached hydrogens (tertiary/aromatic N) is 6. The van der Waals surface area contributed by atoms with Gasteiger partial charge in [-0.2, -0.15) is 0 Å². The fraction of sp³-hybridized carbons (Fsp3) is 0.381. The summed E-state index contributed by atoms with van der Waals surface area (Å²) in [7, 11) is 0. The Hall–Kier alpha value is -3.09. The Labute approximate surface area is 163 Å². The zero-order chi connectivity index (χ0) is 19.1. The Morgan fingerprint density at radius 3 is 2.89 bits per heavy atom. The monoisotopic (exact) mass is 374 g/mol. The highest BCUT2D eigenvalue weighted by atomic mass is 16.2. The van der Waals surface area contributed by atoms with E-state index < -0.39 is 0 Å². The van der Waals surface area contributed by atoms with Crippen molar-refractivity contribution in [2.45, 2.75) is 38.0 Å². The molecule has 2 aromatic heterocycles. The number of aryl methyl sites for hydroxylation is 2. The van der Waals surface area contributed by atoms with E-state index in [0.29, 0.717) is 12.2 Å². The zero-order valence-electron chi connectivity index (χ0n) is 15.9. The van der Waals surface area contributed by atoms with Crippen LogP contribution in [0.25, 0.3) is 5.69 Å². The molecule has 0 N–H and O–H groups in total. The van der Waals surface area contributed by atoms with Crippen LogP contribution in [0.15, 0.2) is 42.7 Å². The number of carbonyl (C=O) groups is 1. The normalized spacial score (nSPS) is 21.1. The third-order valence-corrected chi connectivity index (χ3v) is 5.96. The van der Waals surface area contributed by atoms with Gasteiger partial charge in [0, 0.05) is 24.7 Å². The van der Waals surface area contributed by atoms with E-state index in [4.69, 9.17) is 4.98 Å². The second-order valence-corrected chi connectivity index (χ2v) is 7.79. The molecule has 1 saturated heterocycles. The first kappa shape index (κ1) is 17.0. The molecule has 0 radical (unpaired) electrons. The smallest absolute Gasteiger partial charge is 0.276 e. The average Bonchev–Trinajstić information content (AvgIpc) is 3.35. The second kappa shape index (κ2) is 6.51. The first-order valence-corrected chi connectivity index (χ1v) is 9.75. The van der Waals surface area contributed by atoms with E-state index in [2.05, 4.69) is 15.3 Å². The van der Waals surface area contributed by atoms with E-state index in [1.165, 1.54) is 5.56 Å². The lowest BCUT2D eigenvalue weighted by atomic mass is 9.77. The van der Waals surface area contributed by atoms with Crippen LogP contribution in [-0.4, -0.2) is 48.9 Å². The minimum absolute atomic E-state index is 0.0492. The number of carbonyl (C=O) groups excluding carboxylic acids is 1. The van der Waals surface area contributed by atoms with Crippen LogP contribution in [0.3, 0.4) is 0 Å². The molecular formula is C21H22N6O. The lowest BCUT2D eigenvalue weighted by Gasteiger charge is -2.40. The van der Waals surface area contributed by atoms with Gasteiger partial charge in [-0.15, -0.1) is 5.10 Å². The number of hydrogen-bond donors (Lipinski definition) is 0. The highest BCUT2D eigenvalue weighted by Gasteiger charge is 2.45. The Morgan fingerprint density at radius 1 is 1.18 bits per heavy atom. The van der Waals surface area contributed by atoms with Crippen LogP contribution < -0.4 is 0 Å². The molecule has 1 atom stereocenters. The summed E-state index contributed by atoms with van der Waals surface area (Å²) in [5, 5.41) is 8.27. The average molecular weight is 374 g/mol. The van der Waals surface area contributed by atoms with Gasteiger partial charge in [0.15, 0.2) is 5.69 Å². The van der Waals surface area contributed by atoms with Crippen molar-refractivity contribution in [3.8, 4) is 5.69 Å². The van der Waals surface area contributed by atoms with Crippen molar-refractivity contribution in [3.63, 3.8) is 0 Å². The van der Waals surface area contributed by atoms with E-state index in [9.17, 15) is 4.79 Å². The SMILES string of the molecule is Cc1ncc2c(n1)C1(CCCN(C(=O)c3cn(-c4ccccc4)nn3)C1)CC2. The van der Waals surface area contributed by atoms with Gasteiger partial charge in [0.2, 0.25) is 0 Å². The molecule has 1 aliphatic carbocycles. The predicted molar refractivity (Wildman–Crippen MR) is 103 cm³/mol. The van der Waals surface area contributed by atoms with Gasteiger partial charge >= 0.3 is 0 Å². The fourth-order valence-electron chi connectivity index (χ4n) is 4.56. The highest BCUT2D eigenvalue weighted by Crippen LogP contribution is 2.44. The van der Waals surface area contributed by atoms with Gasteiger partial charge in [-0.05, 0) is 50.3 Å². The molecule has 1 aliphatic heterocycles. The number of piperidine rings is 1. The summed E-state index contributed by atoms with van der Waals surface area (Å²) in [6.45, 7) is 3.37. The van der Waals surface area contributed by atoms with E-state index in [-0.39, 0.29) is 11.3 Å². The Kier molecular flexibility index (Phi) is 3.96. The Bertz CT molecular complexity index is 1030. The summed E-state index contributed by atoms with van der Waals surface area (Å²) < 4.78 is 1.65. The maximum absolute atomic E-state index is 13.1. The molecule has 5 rings (SSSR count). The number of hydrogen-bond acceptors (Lipinski definition) is 5. The van der Waals surface area contributed by atoms with Gasteiger partial charge in [0.1, 0.15) is 5.82 Å². The molecule has 142 valence electrons. The van der Waals surface area contributed by atoms with Crippen molar-refractivity contribution in [3.05, 3.63) is 65.5 Å². The van der Waals surface area contributed by atoms with Crippen LogP contribution in [0, 0.1) is 6.92 Å². The number of amides is 1. The molecule has 0 bridgehead atoms. The van der Waals surface area contributed by atoms with Crippen molar-refractivity contribution in [1.29, 1.82) is 0 Å². The van der Waals surface area contributed by atoms with Crippen LogP contribution >= 0.6 is 0 Å². The quantitative estimate of drug-likeness (QED) is 0.689. The molecule has 7 heteroatoms. The zero-order valence-corrected chi connectivity index (χ0v) is 15.9. The largest absolute Gasteiger partial charge is 0.336 e. The molecule has 2 aliphatic rings. The molecule has 0 saturated carbocycles. The summed E-state index contributed by atoms with van der Waals surface area (Å²) in [5.74, 6) is 0.745. The van der Waals surface area contributed by atoms with Crippen LogP contribution in [0.2, 0.25) is 0 Å². The van der Waals surface area contributed by atoms with Gasteiger partial charge in [0.05, 0.1) is 17.6 Å². The molecule has 1 spiro atoms. The summed E-state index contributed by atoms with van der Waals surface area (Å²) in [5.41, 5.74) is 3.60. The molecular weight excluding hydrogens is 352 g/mol. The predicted octanol–water partition coefficient (Wildman–Crippen LogP) is 2.49. The van der Waals surface area contributed by atoms with E-state index >= 15 is 0 Å². The molecule has 7 nitrogen and oxygen atoms in total. The topological polar surface area (TPSA) is 76.8 Å². The number of rotatable bonds is 2. The van der Waals surface area contributed by atoms with Gasteiger partial charge in [-0.25, -0.2) is 14.6 Å². The van der Waals surface area contributed by atoms with E-state index in [0.717, 1.165) is 49.4 Å². The number of likely N-dealkylation sites (tertiary alicyclic amines) is 1. The summed E-state index contributed by atoms with van der Waals surface area (Å²) in [6.07, 6.45) is 7.73. The third kappa shape index (κ3) is 2.78. The lowest BCUT2D eigenvalue weighted by molar-refractivity contribution is 0.0627. The van der Waals surface area contributed by atoms with Gasteiger partial charge < -0.3 is 4.90 Å². The minimum Gasteiger partial charge on any atom is -0.336 e. The van der Waals surface area contributed by atoms with Crippen LogP contribution in [0.4, 0.5) is 0 Å². The number of fused-ring (bicyclic) bond motifs is 2. The van der Waals surface area contributed by atoms with Crippen LogP contribution in [0.5, 0.6) is 0 Å². The highest BCUT2D eigenvalue weighted by molar-refractivity contribution is 5.92. The van der Waals surface area contributed by atoms with Crippen LogP contribution in [0.1, 0.15) is 46.8 Å². The van der Waals surface area contributed by atoms with Crippen molar-refractivity contribution in [2.24, 2.45) is 0 Å². The molecule has 1 unspecified atom stereocenters. The van der Waals surface area contributed by atoms with Crippen molar-refractivity contribution >= 4 is 5.91 Å². The van der Waals surface area contributed by atoms with E-state index in [1.54, 1.807) is 10.9 Å². The molecule has 1 fully saturated rings. The summed E-state index contributed by atoms with van der Waals surface area (Å²) in [4.78, 5) is 24.2. The summed E-state index contributed by atoms with van der Waals surface area (Å²) >= 11 is 0. The molecule has 1 amide bonds. The second-order valence-electron chi connectivity index (χ2n) is 7.79.